The Morgan fingerprint density at radius 3 is 2.45 bits per heavy atom. The number of hydrogen-bond donors (Lipinski definition) is 1. The van der Waals surface area contributed by atoms with E-state index in [1.807, 2.05) is 24.3 Å². The lowest BCUT2D eigenvalue weighted by molar-refractivity contribution is 0.0593. The molecular weight excluding hydrogens is 300 g/mol. The lowest BCUT2D eigenvalue weighted by Crippen LogP contribution is -2.47. The summed E-state index contributed by atoms with van der Waals surface area (Å²) in [5.74, 6) is 0. The van der Waals surface area contributed by atoms with E-state index in [-0.39, 0.29) is 6.61 Å². The standard InChI is InChI=1S/C17H25ClN2O2/c18-17(14-16-4-2-1-3-5-16)15-20-8-6-19(7-9-20)10-12-22-13-11-21/h1-5,14,21H,6-13,15H2. The second-order valence-corrected chi connectivity index (χ2v) is 5.94. The van der Waals surface area contributed by atoms with Crippen molar-refractivity contribution in [3.8, 4) is 0 Å². The fourth-order valence-electron chi connectivity index (χ4n) is 2.52. The van der Waals surface area contributed by atoms with E-state index in [9.17, 15) is 0 Å². The van der Waals surface area contributed by atoms with Crippen LogP contribution in [0.4, 0.5) is 0 Å². The Morgan fingerprint density at radius 1 is 1.09 bits per heavy atom. The maximum Gasteiger partial charge on any atom is 0.0698 e. The van der Waals surface area contributed by atoms with Crippen LogP contribution < -0.4 is 0 Å². The normalized spacial score (nSPS) is 17.8. The number of benzene rings is 1. The molecule has 4 nitrogen and oxygen atoms in total. The zero-order chi connectivity index (χ0) is 15.6. The van der Waals surface area contributed by atoms with Crippen molar-refractivity contribution >= 4 is 17.7 Å². The molecule has 0 saturated carbocycles. The minimum absolute atomic E-state index is 0.0972. The Morgan fingerprint density at radius 2 is 1.77 bits per heavy atom. The molecule has 0 spiro atoms. The summed E-state index contributed by atoms with van der Waals surface area (Å²) in [6, 6.07) is 10.2. The molecule has 2 rings (SSSR count). The number of halogens is 1. The molecule has 0 aliphatic carbocycles. The molecule has 1 aliphatic rings. The van der Waals surface area contributed by atoms with Crippen LogP contribution in [-0.4, -0.2) is 74.0 Å². The van der Waals surface area contributed by atoms with E-state index in [1.54, 1.807) is 0 Å². The average Bonchev–Trinajstić information content (AvgIpc) is 2.54. The lowest BCUT2D eigenvalue weighted by Gasteiger charge is -2.34. The minimum Gasteiger partial charge on any atom is -0.394 e. The highest BCUT2D eigenvalue weighted by molar-refractivity contribution is 6.31. The van der Waals surface area contributed by atoms with Gasteiger partial charge in [-0.25, -0.2) is 0 Å². The first-order valence-electron chi connectivity index (χ1n) is 7.82. The Hall–Kier alpha value is -0.910. The fraction of sp³-hybridized carbons (Fsp3) is 0.529. The number of ether oxygens (including phenoxy) is 1. The van der Waals surface area contributed by atoms with Crippen LogP contribution in [0.2, 0.25) is 0 Å². The van der Waals surface area contributed by atoms with Crippen molar-refractivity contribution in [2.24, 2.45) is 0 Å². The van der Waals surface area contributed by atoms with Gasteiger partial charge in [0.1, 0.15) is 0 Å². The first-order chi connectivity index (χ1) is 10.8. The third kappa shape index (κ3) is 6.46. The molecule has 0 atom stereocenters. The van der Waals surface area contributed by atoms with Crippen molar-refractivity contribution in [3.63, 3.8) is 0 Å². The number of nitrogens with zero attached hydrogens (tertiary/aromatic N) is 2. The zero-order valence-electron chi connectivity index (χ0n) is 13.0. The number of piperazine rings is 1. The number of aliphatic hydroxyl groups excluding tert-OH is 1. The van der Waals surface area contributed by atoms with E-state index in [0.717, 1.165) is 49.9 Å². The summed E-state index contributed by atoms with van der Waals surface area (Å²) in [7, 11) is 0. The molecular formula is C17H25ClN2O2. The van der Waals surface area contributed by atoms with Gasteiger partial charge in [-0.2, -0.15) is 0 Å². The van der Waals surface area contributed by atoms with Crippen molar-refractivity contribution in [2.45, 2.75) is 0 Å². The molecule has 1 aromatic carbocycles. The molecule has 5 heteroatoms. The molecule has 1 aromatic rings. The molecule has 0 aromatic heterocycles. The quantitative estimate of drug-likeness (QED) is 0.741. The lowest BCUT2D eigenvalue weighted by atomic mass is 10.2. The Labute approximate surface area is 137 Å². The number of aliphatic hydroxyl groups is 1. The molecule has 1 saturated heterocycles. The molecule has 0 radical (unpaired) electrons. The van der Waals surface area contributed by atoms with Crippen LogP contribution in [0.3, 0.4) is 0 Å². The van der Waals surface area contributed by atoms with Crippen LogP contribution in [0.15, 0.2) is 35.4 Å². The highest BCUT2D eigenvalue weighted by atomic mass is 35.5. The maximum absolute atomic E-state index is 8.66. The predicted octanol–water partition coefficient (Wildman–Crippen LogP) is 1.89. The molecule has 1 N–H and O–H groups in total. The Balaban J connectivity index is 1.67. The van der Waals surface area contributed by atoms with E-state index in [4.69, 9.17) is 21.4 Å². The summed E-state index contributed by atoms with van der Waals surface area (Å²) >= 11 is 6.37. The smallest absolute Gasteiger partial charge is 0.0698 e. The fourth-order valence-corrected chi connectivity index (χ4v) is 2.82. The molecule has 22 heavy (non-hydrogen) atoms. The van der Waals surface area contributed by atoms with Gasteiger partial charge in [0.15, 0.2) is 0 Å². The summed E-state index contributed by atoms with van der Waals surface area (Å²) in [6.45, 7) is 7.09. The van der Waals surface area contributed by atoms with E-state index in [1.165, 1.54) is 0 Å². The average molecular weight is 325 g/mol. The summed E-state index contributed by atoms with van der Waals surface area (Å²) in [6.07, 6.45) is 2.04. The van der Waals surface area contributed by atoms with Crippen molar-refractivity contribution in [1.82, 2.24) is 9.80 Å². The van der Waals surface area contributed by atoms with Crippen LogP contribution in [0.25, 0.3) is 6.08 Å². The van der Waals surface area contributed by atoms with E-state index in [2.05, 4.69) is 21.9 Å². The first kappa shape index (κ1) is 17.4. The third-order valence-corrected chi connectivity index (χ3v) is 3.98. The number of rotatable bonds is 8. The molecule has 1 heterocycles. The Kier molecular flexibility index (Phi) is 7.91. The van der Waals surface area contributed by atoms with Crippen LogP contribution in [0, 0.1) is 0 Å². The first-order valence-corrected chi connectivity index (χ1v) is 8.20. The zero-order valence-corrected chi connectivity index (χ0v) is 13.7. The molecule has 0 bridgehead atoms. The molecule has 0 amide bonds. The largest absolute Gasteiger partial charge is 0.394 e. The van der Waals surface area contributed by atoms with Crippen molar-refractivity contribution < 1.29 is 9.84 Å². The van der Waals surface area contributed by atoms with Crippen LogP contribution in [0.1, 0.15) is 5.56 Å². The van der Waals surface area contributed by atoms with Crippen LogP contribution >= 0.6 is 11.6 Å². The second kappa shape index (κ2) is 9.98. The van der Waals surface area contributed by atoms with Gasteiger partial charge < -0.3 is 9.84 Å². The van der Waals surface area contributed by atoms with Gasteiger partial charge in [0, 0.05) is 44.3 Å². The molecule has 0 unspecified atom stereocenters. The second-order valence-electron chi connectivity index (χ2n) is 5.46. The summed E-state index contributed by atoms with van der Waals surface area (Å²) in [5, 5.41) is 9.54. The minimum atomic E-state index is 0.0972. The molecule has 1 fully saturated rings. The van der Waals surface area contributed by atoms with Crippen molar-refractivity contribution in [2.75, 3.05) is 59.1 Å². The topological polar surface area (TPSA) is 35.9 Å². The predicted molar refractivity (Wildman–Crippen MR) is 91.1 cm³/mol. The highest BCUT2D eigenvalue weighted by Gasteiger charge is 2.16. The summed E-state index contributed by atoms with van der Waals surface area (Å²) < 4.78 is 5.31. The van der Waals surface area contributed by atoms with Gasteiger partial charge >= 0.3 is 0 Å². The maximum atomic E-state index is 8.66. The SMILES string of the molecule is OCCOCCN1CCN(CC(Cl)=Cc2ccccc2)CC1. The van der Waals surface area contributed by atoms with E-state index in [0.29, 0.717) is 13.2 Å². The van der Waals surface area contributed by atoms with Crippen molar-refractivity contribution in [1.29, 1.82) is 0 Å². The van der Waals surface area contributed by atoms with Gasteiger partial charge in [-0.05, 0) is 11.6 Å². The van der Waals surface area contributed by atoms with Gasteiger partial charge in [0.2, 0.25) is 0 Å². The van der Waals surface area contributed by atoms with E-state index < -0.39 is 0 Å². The van der Waals surface area contributed by atoms with Crippen LogP contribution in [-0.2, 0) is 4.74 Å². The molecule has 122 valence electrons. The van der Waals surface area contributed by atoms with Crippen LogP contribution in [0.5, 0.6) is 0 Å². The summed E-state index contributed by atoms with van der Waals surface area (Å²) in [5.41, 5.74) is 1.15. The number of hydrogen-bond acceptors (Lipinski definition) is 4. The van der Waals surface area contributed by atoms with Gasteiger partial charge in [0.05, 0.1) is 19.8 Å². The monoisotopic (exact) mass is 324 g/mol. The Bertz CT molecular complexity index is 445. The highest BCUT2D eigenvalue weighted by Crippen LogP contribution is 2.13. The van der Waals surface area contributed by atoms with Gasteiger partial charge in [0.25, 0.3) is 0 Å². The van der Waals surface area contributed by atoms with Gasteiger partial charge in [-0.15, -0.1) is 0 Å². The van der Waals surface area contributed by atoms with Gasteiger partial charge in [-0.1, -0.05) is 41.9 Å². The van der Waals surface area contributed by atoms with Crippen molar-refractivity contribution in [3.05, 3.63) is 40.9 Å². The third-order valence-electron chi connectivity index (χ3n) is 3.75. The molecule has 1 aliphatic heterocycles. The van der Waals surface area contributed by atoms with E-state index >= 15 is 0 Å². The summed E-state index contributed by atoms with van der Waals surface area (Å²) in [4.78, 5) is 4.77. The van der Waals surface area contributed by atoms with Gasteiger partial charge in [-0.3, -0.25) is 9.80 Å².